The number of carbonyl (C=O) groups is 2. The van der Waals surface area contributed by atoms with Gasteiger partial charge in [0.2, 0.25) is 0 Å². The molecule has 5 aromatic rings. The molecule has 0 N–H and O–H groups in total. The highest BCUT2D eigenvalue weighted by atomic mass is 35.5. The topological polar surface area (TPSA) is 77.8 Å². The maximum absolute atomic E-state index is 13.9. The van der Waals surface area contributed by atoms with E-state index in [0.717, 1.165) is 15.2 Å². The van der Waals surface area contributed by atoms with E-state index in [1.165, 1.54) is 31.3 Å². The summed E-state index contributed by atoms with van der Waals surface area (Å²) in [4.78, 5) is 40.9. The molecule has 7 nitrogen and oxygen atoms in total. The summed E-state index contributed by atoms with van der Waals surface area (Å²) in [5, 5.41) is 1.93. The van der Waals surface area contributed by atoms with Crippen LogP contribution in [0.5, 0.6) is 0 Å². The molecule has 206 valence electrons. The highest BCUT2D eigenvalue weighted by molar-refractivity contribution is 6.31. The molecule has 1 heterocycles. The Balaban J connectivity index is 1.65. The van der Waals surface area contributed by atoms with Gasteiger partial charge >= 0.3 is 12.1 Å². The second kappa shape index (κ2) is 12.1. The average Bonchev–Trinajstić information content (AvgIpc) is 2.99. The predicted octanol–water partition coefficient (Wildman–Crippen LogP) is 6.72. The lowest BCUT2D eigenvalue weighted by Gasteiger charge is -2.25. The van der Waals surface area contributed by atoms with Crippen molar-refractivity contribution in [3.05, 3.63) is 141 Å². The van der Waals surface area contributed by atoms with Gasteiger partial charge in [-0.3, -0.25) is 4.79 Å². The molecular weight excluding hydrogens is 547 g/mol. The van der Waals surface area contributed by atoms with Gasteiger partial charge in [-0.25, -0.2) is 23.7 Å². The Morgan fingerprint density at radius 3 is 2.10 bits per heavy atom. The largest absolute Gasteiger partial charge is 0.456 e. The lowest BCUT2D eigenvalue weighted by atomic mass is 9.97. The summed E-state index contributed by atoms with van der Waals surface area (Å²) in [7, 11) is 1.34. The normalized spacial score (nSPS) is 10.8. The van der Waals surface area contributed by atoms with Crippen LogP contribution < -0.4 is 10.6 Å². The minimum atomic E-state index is -0.880. The molecule has 0 saturated carbocycles. The lowest BCUT2D eigenvalue weighted by Crippen LogP contribution is -2.46. The van der Waals surface area contributed by atoms with Crippen LogP contribution in [0.3, 0.4) is 0 Å². The van der Waals surface area contributed by atoms with E-state index in [4.69, 9.17) is 21.1 Å². The van der Waals surface area contributed by atoms with Crippen molar-refractivity contribution in [1.82, 2.24) is 4.68 Å². The summed E-state index contributed by atoms with van der Waals surface area (Å²) in [5.41, 5.74) is 1.37. The first kappa shape index (κ1) is 27.6. The molecule has 5 rings (SSSR count). The number of ether oxygens (including phenoxy) is 2. The van der Waals surface area contributed by atoms with Crippen LogP contribution >= 0.6 is 11.6 Å². The van der Waals surface area contributed by atoms with Gasteiger partial charge in [0, 0.05) is 23.0 Å². The monoisotopic (exact) mass is 570 g/mol. The van der Waals surface area contributed by atoms with Gasteiger partial charge in [-0.05, 0) is 52.4 Å². The molecule has 0 aliphatic carbocycles. The van der Waals surface area contributed by atoms with Crippen LogP contribution in [-0.2, 0) is 22.7 Å². The van der Waals surface area contributed by atoms with Crippen molar-refractivity contribution in [1.29, 1.82) is 0 Å². The molecule has 0 unspecified atom stereocenters. The maximum atomic E-state index is 13.9. The van der Waals surface area contributed by atoms with E-state index in [9.17, 15) is 18.8 Å². The van der Waals surface area contributed by atoms with Crippen LogP contribution in [0.4, 0.5) is 9.18 Å². The van der Waals surface area contributed by atoms with E-state index in [-0.39, 0.29) is 24.3 Å². The van der Waals surface area contributed by atoms with Crippen molar-refractivity contribution in [2.24, 2.45) is 0 Å². The molecule has 1 aromatic heterocycles. The number of amides is 1. The Kier molecular flexibility index (Phi) is 8.12. The minimum Gasteiger partial charge on any atom is -0.456 e. The minimum absolute atomic E-state index is 0.0438. The van der Waals surface area contributed by atoms with Crippen molar-refractivity contribution in [3.63, 3.8) is 0 Å². The highest BCUT2D eigenvalue weighted by Crippen LogP contribution is 2.33. The number of aromatic nitrogens is 1. The first-order valence-corrected chi connectivity index (χ1v) is 13.0. The summed E-state index contributed by atoms with van der Waals surface area (Å²) < 4.78 is 25.4. The lowest BCUT2D eigenvalue weighted by molar-refractivity contribution is 0.0459. The van der Waals surface area contributed by atoms with E-state index >= 15 is 0 Å². The SMILES string of the molecule is CN(C(=O)OCc1ccccc1)n1c(C(=O)OCc2ccc(F)cc2)c(-c2ccccc2)c2cc(Cl)ccc2c1=O. The van der Waals surface area contributed by atoms with Gasteiger partial charge < -0.3 is 9.47 Å². The number of halogens is 2. The van der Waals surface area contributed by atoms with Crippen molar-refractivity contribution in [2.45, 2.75) is 13.2 Å². The molecule has 0 radical (unpaired) electrons. The number of hydrogen-bond donors (Lipinski definition) is 0. The molecular formula is C32H24ClFN2O5. The van der Waals surface area contributed by atoms with Gasteiger partial charge in [0.05, 0.1) is 0 Å². The molecule has 0 aliphatic rings. The Bertz CT molecular complexity index is 1770. The van der Waals surface area contributed by atoms with Gasteiger partial charge in [0.25, 0.3) is 5.56 Å². The number of rotatable bonds is 7. The molecule has 41 heavy (non-hydrogen) atoms. The Morgan fingerprint density at radius 1 is 0.805 bits per heavy atom. The van der Waals surface area contributed by atoms with Crippen molar-refractivity contribution in [2.75, 3.05) is 12.1 Å². The summed E-state index contributed by atoms with van der Waals surface area (Å²) in [6, 6.07) is 28.2. The van der Waals surface area contributed by atoms with Gasteiger partial charge in [0.15, 0.2) is 5.69 Å². The second-order valence-corrected chi connectivity index (χ2v) is 9.60. The third-order valence-electron chi connectivity index (χ3n) is 6.43. The molecule has 0 aliphatic heterocycles. The number of esters is 1. The average molecular weight is 571 g/mol. The number of fused-ring (bicyclic) bond motifs is 1. The Morgan fingerprint density at radius 2 is 1.41 bits per heavy atom. The number of carbonyl (C=O) groups excluding carboxylic acids is 2. The zero-order valence-electron chi connectivity index (χ0n) is 21.9. The van der Waals surface area contributed by atoms with Crippen molar-refractivity contribution >= 4 is 34.4 Å². The summed E-state index contributed by atoms with van der Waals surface area (Å²) in [6.45, 7) is -0.241. The molecule has 0 saturated heterocycles. The molecule has 9 heteroatoms. The van der Waals surface area contributed by atoms with Crippen LogP contribution in [0.15, 0.2) is 108 Å². The van der Waals surface area contributed by atoms with E-state index in [0.29, 0.717) is 27.1 Å². The Hall–Kier alpha value is -4.95. The first-order chi connectivity index (χ1) is 19.8. The number of benzene rings is 4. The van der Waals surface area contributed by atoms with Crippen LogP contribution in [0, 0.1) is 5.82 Å². The summed E-state index contributed by atoms with van der Waals surface area (Å²) in [5.74, 6) is -1.31. The number of nitrogens with zero attached hydrogens (tertiary/aromatic N) is 2. The highest BCUT2D eigenvalue weighted by Gasteiger charge is 2.29. The zero-order chi connectivity index (χ0) is 28.9. The molecule has 1 amide bonds. The first-order valence-electron chi connectivity index (χ1n) is 12.6. The van der Waals surface area contributed by atoms with Crippen LogP contribution in [0.2, 0.25) is 5.02 Å². The third kappa shape index (κ3) is 5.97. The third-order valence-corrected chi connectivity index (χ3v) is 6.67. The summed E-state index contributed by atoms with van der Waals surface area (Å²) in [6.07, 6.45) is -0.865. The summed E-state index contributed by atoms with van der Waals surface area (Å²) >= 11 is 6.33. The Labute approximate surface area is 239 Å². The van der Waals surface area contributed by atoms with Gasteiger partial charge in [0.1, 0.15) is 19.0 Å². The van der Waals surface area contributed by atoms with Crippen LogP contribution in [0.1, 0.15) is 21.6 Å². The van der Waals surface area contributed by atoms with Gasteiger partial charge in [-0.15, -0.1) is 0 Å². The molecule has 0 bridgehead atoms. The van der Waals surface area contributed by atoms with Crippen LogP contribution in [-0.4, -0.2) is 23.8 Å². The van der Waals surface area contributed by atoms with Crippen molar-refractivity contribution in [3.8, 4) is 11.1 Å². The smallest absolute Gasteiger partial charge is 0.429 e. The molecule has 0 spiro atoms. The van der Waals surface area contributed by atoms with Crippen LogP contribution in [0.25, 0.3) is 21.9 Å². The molecule has 0 fully saturated rings. The van der Waals surface area contributed by atoms with E-state index in [1.807, 2.05) is 24.3 Å². The fraction of sp³-hybridized carbons (Fsp3) is 0.0938. The number of pyridine rings is 1. The van der Waals surface area contributed by atoms with Gasteiger partial charge in [-0.1, -0.05) is 84.4 Å². The standard InChI is InChI=1S/C32H24ClFN2O5/c1-35(32(39)41-20-21-8-4-2-5-9-21)36-29(31(38)40-19-22-12-15-25(34)16-13-22)28(23-10-6-3-7-11-23)27-18-24(33)14-17-26(27)30(36)37/h2-18H,19-20H2,1H3. The maximum Gasteiger partial charge on any atom is 0.429 e. The van der Waals surface area contributed by atoms with E-state index < -0.39 is 23.4 Å². The molecule has 0 atom stereocenters. The van der Waals surface area contributed by atoms with Gasteiger partial charge in [-0.2, -0.15) is 0 Å². The quantitative estimate of drug-likeness (QED) is 0.203. The fourth-order valence-corrected chi connectivity index (χ4v) is 4.60. The van der Waals surface area contributed by atoms with E-state index in [2.05, 4.69) is 0 Å². The van der Waals surface area contributed by atoms with E-state index in [1.54, 1.807) is 54.6 Å². The zero-order valence-corrected chi connectivity index (χ0v) is 22.7. The predicted molar refractivity (Wildman–Crippen MR) is 155 cm³/mol. The van der Waals surface area contributed by atoms with Crippen molar-refractivity contribution < 1.29 is 23.5 Å². The number of hydrogen-bond acceptors (Lipinski definition) is 5. The second-order valence-electron chi connectivity index (χ2n) is 9.16. The fourth-order valence-electron chi connectivity index (χ4n) is 4.42. The molecule has 4 aromatic carbocycles.